The Hall–Kier alpha value is -3.23. The van der Waals surface area contributed by atoms with Crippen LogP contribution in [0.2, 0.25) is 0 Å². The number of barbiturate groups is 1. The van der Waals surface area contributed by atoms with Gasteiger partial charge in [-0.3, -0.25) is 29.9 Å². The minimum absolute atomic E-state index is 0.130. The van der Waals surface area contributed by atoms with Crippen LogP contribution in [0.3, 0.4) is 0 Å². The number of fused-ring (bicyclic) bond motifs is 5. The maximum atomic E-state index is 16.0. The van der Waals surface area contributed by atoms with Crippen molar-refractivity contribution in [1.82, 2.24) is 15.8 Å². The fourth-order valence-corrected chi connectivity index (χ4v) is 6.55. The molecule has 4 aliphatic heterocycles. The molecule has 4 N–H and O–H groups in total. The van der Waals surface area contributed by atoms with Crippen molar-refractivity contribution >= 4 is 57.3 Å². The maximum absolute atomic E-state index is 16.0. The van der Waals surface area contributed by atoms with Gasteiger partial charge in [0.05, 0.1) is 29.8 Å². The minimum Gasteiger partial charge on any atom is -0.374 e. The number of hydrogen-bond acceptors (Lipinski definition) is 10. The normalized spacial score (nSPS) is 27.8. The predicted octanol–water partition coefficient (Wildman–Crippen LogP) is 0.470. The predicted molar refractivity (Wildman–Crippen MR) is 122 cm³/mol. The number of nitrogens with two attached hydrogens (primary N) is 1. The Morgan fingerprint density at radius 3 is 2.71 bits per heavy atom. The summed E-state index contributed by atoms with van der Waals surface area (Å²) >= 11 is 1.07. The van der Waals surface area contributed by atoms with Crippen molar-refractivity contribution in [1.29, 1.82) is 0 Å². The molecule has 0 aliphatic carbocycles. The van der Waals surface area contributed by atoms with Gasteiger partial charge < -0.3 is 19.9 Å². The highest BCUT2D eigenvalue weighted by Gasteiger charge is 2.63. The minimum atomic E-state index is -1.73. The van der Waals surface area contributed by atoms with Gasteiger partial charge in [-0.05, 0) is 18.6 Å². The molecule has 1 aromatic heterocycles. The van der Waals surface area contributed by atoms with Gasteiger partial charge in [0.2, 0.25) is 17.4 Å². The van der Waals surface area contributed by atoms with E-state index in [2.05, 4.69) is 15.8 Å². The molecule has 3 atom stereocenters. The summed E-state index contributed by atoms with van der Waals surface area (Å²) in [6.45, 7) is 2.73. The van der Waals surface area contributed by atoms with Crippen molar-refractivity contribution < 1.29 is 32.8 Å². The summed E-state index contributed by atoms with van der Waals surface area (Å²) in [5.41, 5.74) is 4.39. The second kappa shape index (κ2) is 7.63. The summed E-state index contributed by atoms with van der Waals surface area (Å²) in [4.78, 5) is 53.8. The van der Waals surface area contributed by atoms with Crippen LogP contribution in [0.4, 0.5) is 25.5 Å². The van der Waals surface area contributed by atoms with Gasteiger partial charge in [-0.1, -0.05) is 16.9 Å². The fraction of sp³-hybridized carbons (Fsp3) is 0.476. The van der Waals surface area contributed by atoms with Crippen molar-refractivity contribution in [2.45, 2.75) is 30.7 Å². The summed E-state index contributed by atoms with van der Waals surface area (Å²) in [7, 11) is 0. The first-order chi connectivity index (χ1) is 16.8. The van der Waals surface area contributed by atoms with Gasteiger partial charge in [-0.15, -0.1) is 0 Å². The lowest BCUT2D eigenvalue weighted by molar-refractivity contribution is -0.151. The lowest BCUT2D eigenvalue weighted by atomic mass is 9.66. The first-order valence-electron chi connectivity index (χ1n) is 11.1. The molecule has 0 bridgehead atoms. The summed E-state index contributed by atoms with van der Waals surface area (Å²) in [6.07, 6.45) is -0.803. The smallest absolute Gasteiger partial charge is 0.328 e. The van der Waals surface area contributed by atoms with Gasteiger partial charge in [0, 0.05) is 31.3 Å². The molecule has 2 aromatic rings. The molecule has 4 aliphatic rings. The topological polar surface area (TPSA) is 160 Å². The Labute approximate surface area is 201 Å². The zero-order valence-electron chi connectivity index (χ0n) is 18.5. The Morgan fingerprint density at radius 1 is 1.29 bits per heavy atom. The van der Waals surface area contributed by atoms with Crippen LogP contribution < -0.4 is 26.2 Å². The van der Waals surface area contributed by atoms with E-state index in [-0.39, 0.29) is 59.1 Å². The molecule has 184 valence electrons. The number of carbonyl (C=O) groups excluding carboxylic acids is 4. The molecule has 2 unspecified atom stereocenters. The molecule has 3 saturated heterocycles. The first kappa shape index (κ1) is 22.2. The second-order valence-electron chi connectivity index (χ2n) is 9.03. The number of thioether (sulfide) groups is 1. The SMILES string of the molecule is C[C@@H]1OCCN2c3c(cc4c(N5CC(CN)SC5=O)noc4c3F)CC3(C(=O)NC(=O)NC3=O)C12. The fourth-order valence-electron chi connectivity index (χ4n) is 5.66. The van der Waals surface area contributed by atoms with Gasteiger partial charge >= 0.3 is 6.03 Å². The van der Waals surface area contributed by atoms with Gasteiger partial charge in [0.25, 0.3) is 5.24 Å². The Kier molecular flexibility index (Phi) is 4.85. The average molecular weight is 505 g/mol. The number of nitrogens with one attached hydrogen (secondary N) is 2. The number of rotatable bonds is 2. The van der Waals surface area contributed by atoms with Crippen LogP contribution in [0.5, 0.6) is 0 Å². The number of nitrogens with zero attached hydrogens (tertiary/aromatic N) is 3. The van der Waals surface area contributed by atoms with Gasteiger partial charge in [0.1, 0.15) is 0 Å². The van der Waals surface area contributed by atoms with Crippen LogP contribution >= 0.6 is 11.8 Å². The highest BCUT2D eigenvalue weighted by Crippen LogP contribution is 2.49. The zero-order chi connectivity index (χ0) is 24.6. The second-order valence-corrected chi connectivity index (χ2v) is 10.3. The van der Waals surface area contributed by atoms with E-state index in [4.69, 9.17) is 15.0 Å². The summed E-state index contributed by atoms with van der Waals surface area (Å²) in [6, 6.07) is -0.176. The molecular weight excluding hydrogens is 483 g/mol. The van der Waals surface area contributed by atoms with Crippen LogP contribution in [0, 0.1) is 11.2 Å². The Morgan fingerprint density at radius 2 is 2.03 bits per heavy atom. The molecule has 0 saturated carbocycles. The van der Waals surface area contributed by atoms with E-state index in [1.54, 1.807) is 17.9 Å². The molecule has 5 amide bonds. The van der Waals surface area contributed by atoms with Crippen molar-refractivity contribution in [2.75, 3.05) is 36.0 Å². The van der Waals surface area contributed by atoms with E-state index in [1.807, 2.05) is 0 Å². The Balaban J connectivity index is 1.54. The largest absolute Gasteiger partial charge is 0.374 e. The van der Waals surface area contributed by atoms with Crippen LogP contribution in [0.25, 0.3) is 11.0 Å². The van der Waals surface area contributed by atoms with Gasteiger partial charge in [-0.2, -0.15) is 0 Å². The number of benzene rings is 1. The van der Waals surface area contributed by atoms with E-state index >= 15 is 4.39 Å². The highest BCUT2D eigenvalue weighted by molar-refractivity contribution is 8.14. The van der Waals surface area contributed by atoms with Crippen molar-refractivity contribution in [2.24, 2.45) is 11.1 Å². The van der Waals surface area contributed by atoms with Crippen LogP contribution in [0.15, 0.2) is 10.6 Å². The van der Waals surface area contributed by atoms with Crippen molar-refractivity contribution in [3.63, 3.8) is 0 Å². The molecule has 12 nitrogen and oxygen atoms in total. The number of halogens is 1. The molecule has 1 aromatic carbocycles. The third-order valence-corrected chi connectivity index (χ3v) is 8.25. The van der Waals surface area contributed by atoms with Crippen molar-refractivity contribution in [3.05, 3.63) is 17.4 Å². The summed E-state index contributed by atoms with van der Waals surface area (Å²) in [5.74, 6) is -2.10. The Bertz CT molecular complexity index is 1290. The van der Waals surface area contributed by atoms with Gasteiger partial charge in [-0.25, -0.2) is 9.18 Å². The van der Waals surface area contributed by atoms with Gasteiger partial charge in [0.15, 0.2) is 17.1 Å². The number of anilines is 2. The number of urea groups is 1. The molecular formula is C21H21FN6O6S. The van der Waals surface area contributed by atoms with Crippen LogP contribution in [-0.2, 0) is 20.7 Å². The number of morpholine rings is 1. The number of hydrogen-bond donors (Lipinski definition) is 3. The third-order valence-electron chi connectivity index (χ3n) is 7.15. The highest BCUT2D eigenvalue weighted by atomic mass is 32.2. The van der Waals surface area contributed by atoms with Crippen LogP contribution in [-0.4, -0.2) is 71.9 Å². The number of carbonyl (C=O) groups is 4. The monoisotopic (exact) mass is 504 g/mol. The third kappa shape index (κ3) is 2.96. The van der Waals surface area contributed by atoms with Crippen LogP contribution in [0.1, 0.15) is 12.5 Å². The lowest BCUT2D eigenvalue weighted by Crippen LogP contribution is -2.74. The number of ether oxygens (including phenoxy) is 1. The lowest BCUT2D eigenvalue weighted by Gasteiger charge is -2.54. The summed E-state index contributed by atoms with van der Waals surface area (Å²) < 4.78 is 27.1. The molecule has 3 fully saturated rings. The maximum Gasteiger partial charge on any atom is 0.328 e. The van der Waals surface area contributed by atoms with E-state index in [9.17, 15) is 19.2 Å². The number of amides is 5. The molecule has 0 radical (unpaired) electrons. The number of imide groups is 2. The zero-order valence-corrected chi connectivity index (χ0v) is 19.3. The summed E-state index contributed by atoms with van der Waals surface area (Å²) in [5, 5.41) is 8.19. The van der Waals surface area contributed by atoms with E-state index in [0.717, 1.165) is 11.8 Å². The van der Waals surface area contributed by atoms with E-state index in [0.29, 0.717) is 12.1 Å². The molecule has 35 heavy (non-hydrogen) atoms. The standard InChI is InChI=1S/C21H21FN6O6S/c1-8-15-21(17(29)24-19(31)25-18(21)30)5-9-4-11-14(12(22)13(9)27(15)2-3-33-8)34-26-16(11)28-7-10(6-23)35-20(28)32/h4,8,10,15H,2-3,5-7,23H2,1H3,(H2,24,25,29,30,31)/t8-,10?,15?/m0/s1. The van der Waals surface area contributed by atoms with E-state index < -0.39 is 41.2 Å². The molecule has 6 rings (SSSR count). The average Bonchev–Trinajstić information content (AvgIpc) is 3.40. The quantitative estimate of drug-likeness (QED) is 0.491. The molecule has 1 spiro atoms. The number of aromatic nitrogens is 1. The van der Waals surface area contributed by atoms with E-state index in [1.165, 1.54) is 4.90 Å². The molecule has 14 heteroatoms. The van der Waals surface area contributed by atoms with Crippen molar-refractivity contribution in [3.8, 4) is 0 Å². The molecule has 5 heterocycles. The first-order valence-corrected chi connectivity index (χ1v) is 12.0.